The Morgan fingerprint density at radius 3 is 2.67 bits per heavy atom. The topological polar surface area (TPSA) is 29.5 Å². The first-order chi connectivity index (χ1) is 8.72. The predicted octanol–water partition coefficient (Wildman–Crippen LogP) is 2.49. The molecule has 0 amide bonds. The van der Waals surface area contributed by atoms with Gasteiger partial charge in [-0.25, -0.2) is 0 Å². The van der Waals surface area contributed by atoms with E-state index in [1.54, 1.807) is 7.11 Å². The summed E-state index contributed by atoms with van der Waals surface area (Å²) in [5.74, 6) is 1.09. The number of methoxy groups -OCH3 is 1. The molecular formula is C15H21NO2. The van der Waals surface area contributed by atoms with Crippen LogP contribution in [0, 0.1) is 5.92 Å². The fraction of sp³-hybridized carbons (Fsp3) is 0.533. The van der Waals surface area contributed by atoms with E-state index >= 15 is 0 Å². The van der Waals surface area contributed by atoms with Crippen molar-refractivity contribution in [3.8, 4) is 5.75 Å². The second-order valence-electron chi connectivity index (χ2n) is 5.10. The third kappa shape index (κ3) is 3.10. The molecule has 1 fully saturated rings. The molecule has 0 spiro atoms. The third-order valence-electron chi connectivity index (χ3n) is 3.78. The van der Waals surface area contributed by atoms with Crippen molar-refractivity contribution in [2.75, 3.05) is 13.7 Å². The van der Waals surface area contributed by atoms with Crippen LogP contribution in [-0.2, 0) is 11.3 Å². The first kappa shape index (κ1) is 13.1. The average molecular weight is 247 g/mol. The molecule has 3 heteroatoms. The molecule has 1 saturated heterocycles. The van der Waals surface area contributed by atoms with E-state index in [1.165, 1.54) is 5.56 Å². The molecule has 2 rings (SSSR count). The van der Waals surface area contributed by atoms with Gasteiger partial charge in [0, 0.05) is 25.0 Å². The maximum Gasteiger partial charge on any atom is 0.124 e. The van der Waals surface area contributed by atoms with Crippen LogP contribution in [0.4, 0.5) is 0 Å². The van der Waals surface area contributed by atoms with Crippen molar-refractivity contribution in [2.45, 2.75) is 32.4 Å². The van der Waals surface area contributed by atoms with Gasteiger partial charge in [-0.15, -0.1) is 0 Å². The fourth-order valence-electron chi connectivity index (χ4n) is 2.51. The number of aldehydes is 1. The van der Waals surface area contributed by atoms with E-state index in [0.717, 1.165) is 38.0 Å². The van der Waals surface area contributed by atoms with Gasteiger partial charge in [0.25, 0.3) is 0 Å². The zero-order valence-electron chi connectivity index (χ0n) is 11.1. The summed E-state index contributed by atoms with van der Waals surface area (Å²) in [6, 6.07) is 8.72. The van der Waals surface area contributed by atoms with Gasteiger partial charge in [-0.05, 0) is 37.5 Å². The lowest BCUT2D eigenvalue weighted by Gasteiger charge is -2.36. The predicted molar refractivity (Wildman–Crippen MR) is 71.7 cm³/mol. The number of benzene rings is 1. The Morgan fingerprint density at radius 1 is 1.33 bits per heavy atom. The number of ether oxygens (including phenoxy) is 1. The first-order valence-electron chi connectivity index (χ1n) is 6.55. The Morgan fingerprint density at radius 2 is 2.06 bits per heavy atom. The fourth-order valence-corrected chi connectivity index (χ4v) is 2.51. The molecule has 1 aromatic rings. The number of hydrogen-bond acceptors (Lipinski definition) is 3. The molecule has 18 heavy (non-hydrogen) atoms. The highest BCUT2D eigenvalue weighted by molar-refractivity contribution is 5.54. The highest BCUT2D eigenvalue weighted by Gasteiger charge is 2.24. The molecule has 0 aromatic heterocycles. The Balaban J connectivity index is 1.99. The number of nitrogens with zero attached hydrogens (tertiary/aromatic N) is 1. The summed E-state index contributed by atoms with van der Waals surface area (Å²) in [7, 11) is 1.68. The highest BCUT2D eigenvalue weighted by atomic mass is 16.5. The van der Waals surface area contributed by atoms with Gasteiger partial charge < -0.3 is 9.53 Å². The van der Waals surface area contributed by atoms with Crippen LogP contribution >= 0.6 is 0 Å². The minimum Gasteiger partial charge on any atom is -0.497 e. The highest BCUT2D eigenvalue weighted by Crippen LogP contribution is 2.23. The largest absolute Gasteiger partial charge is 0.497 e. The van der Waals surface area contributed by atoms with Crippen LogP contribution < -0.4 is 4.74 Å². The molecule has 1 heterocycles. The van der Waals surface area contributed by atoms with Gasteiger partial charge in [0.05, 0.1) is 7.11 Å². The Kier molecular flexibility index (Phi) is 4.37. The Bertz CT molecular complexity index is 388. The minimum absolute atomic E-state index is 0.208. The number of carbonyl (C=O) groups excluding carboxylic acids is 1. The molecule has 2 unspecified atom stereocenters. The molecule has 0 radical (unpaired) electrons. The summed E-state index contributed by atoms with van der Waals surface area (Å²) in [5.41, 5.74) is 1.27. The molecule has 0 saturated carbocycles. The van der Waals surface area contributed by atoms with Gasteiger partial charge in [-0.2, -0.15) is 0 Å². The summed E-state index contributed by atoms with van der Waals surface area (Å²) in [4.78, 5) is 13.3. The van der Waals surface area contributed by atoms with E-state index < -0.39 is 0 Å². The second-order valence-corrected chi connectivity index (χ2v) is 5.10. The van der Waals surface area contributed by atoms with E-state index in [0.29, 0.717) is 6.04 Å². The number of rotatable bonds is 4. The molecule has 0 bridgehead atoms. The van der Waals surface area contributed by atoms with Gasteiger partial charge in [-0.3, -0.25) is 4.90 Å². The number of likely N-dealkylation sites (tertiary alicyclic amines) is 1. The van der Waals surface area contributed by atoms with Gasteiger partial charge >= 0.3 is 0 Å². The van der Waals surface area contributed by atoms with Gasteiger partial charge in [0.15, 0.2) is 0 Å². The monoisotopic (exact) mass is 247 g/mol. The van der Waals surface area contributed by atoms with E-state index in [9.17, 15) is 4.79 Å². The zero-order chi connectivity index (χ0) is 13.0. The normalized spacial score (nSPS) is 24.8. The second kappa shape index (κ2) is 6.01. The molecule has 98 valence electrons. The summed E-state index contributed by atoms with van der Waals surface area (Å²) < 4.78 is 5.15. The van der Waals surface area contributed by atoms with E-state index in [4.69, 9.17) is 4.74 Å². The molecule has 1 aliphatic heterocycles. The van der Waals surface area contributed by atoms with E-state index in [2.05, 4.69) is 24.0 Å². The summed E-state index contributed by atoms with van der Waals surface area (Å²) in [6.07, 6.45) is 3.25. The summed E-state index contributed by atoms with van der Waals surface area (Å²) in [6.45, 7) is 4.04. The zero-order valence-corrected chi connectivity index (χ0v) is 11.1. The van der Waals surface area contributed by atoms with E-state index in [1.807, 2.05) is 12.1 Å². The van der Waals surface area contributed by atoms with Crippen molar-refractivity contribution < 1.29 is 9.53 Å². The minimum atomic E-state index is 0.208. The standard InChI is InChI=1S/C15H21NO2/c1-12-3-4-14(11-17)10-16(12)9-13-5-7-15(18-2)8-6-13/h5-8,11-12,14H,3-4,9-10H2,1-2H3. The van der Waals surface area contributed by atoms with Crippen molar-refractivity contribution >= 4 is 6.29 Å². The van der Waals surface area contributed by atoms with Crippen LogP contribution in [0.15, 0.2) is 24.3 Å². The lowest BCUT2D eigenvalue weighted by atomic mass is 9.94. The number of piperidine rings is 1. The molecule has 0 N–H and O–H groups in total. The van der Waals surface area contributed by atoms with Crippen LogP contribution in [0.1, 0.15) is 25.3 Å². The third-order valence-corrected chi connectivity index (χ3v) is 3.78. The maximum absolute atomic E-state index is 10.9. The van der Waals surface area contributed by atoms with Crippen LogP contribution in [-0.4, -0.2) is 30.9 Å². The van der Waals surface area contributed by atoms with Crippen molar-refractivity contribution in [2.24, 2.45) is 5.92 Å². The Labute approximate surface area is 109 Å². The van der Waals surface area contributed by atoms with E-state index in [-0.39, 0.29) is 5.92 Å². The SMILES string of the molecule is COc1ccc(CN2CC(C=O)CCC2C)cc1. The van der Waals surface area contributed by atoms with Crippen molar-refractivity contribution in [1.82, 2.24) is 4.90 Å². The van der Waals surface area contributed by atoms with Crippen molar-refractivity contribution in [3.05, 3.63) is 29.8 Å². The summed E-state index contributed by atoms with van der Waals surface area (Å²) in [5, 5.41) is 0. The molecule has 1 aromatic carbocycles. The van der Waals surface area contributed by atoms with Crippen molar-refractivity contribution in [3.63, 3.8) is 0 Å². The summed E-state index contributed by atoms with van der Waals surface area (Å²) >= 11 is 0. The first-order valence-corrected chi connectivity index (χ1v) is 6.55. The lowest BCUT2D eigenvalue weighted by molar-refractivity contribution is -0.113. The molecule has 3 nitrogen and oxygen atoms in total. The average Bonchev–Trinajstić information content (AvgIpc) is 2.42. The molecule has 0 aliphatic carbocycles. The van der Waals surface area contributed by atoms with Crippen LogP contribution in [0.25, 0.3) is 0 Å². The lowest BCUT2D eigenvalue weighted by Crippen LogP contribution is -2.41. The maximum atomic E-state index is 10.9. The molecule has 2 atom stereocenters. The molecule has 1 aliphatic rings. The molecular weight excluding hydrogens is 226 g/mol. The van der Waals surface area contributed by atoms with Gasteiger partial charge in [-0.1, -0.05) is 12.1 Å². The Hall–Kier alpha value is -1.35. The number of carbonyl (C=O) groups is 1. The smallest absolute Gasteiger partial charge is 0.124 e. The quantitative estimate of drug-likeness (QED) is 0.766. The van der Waals surface area contributed by atoms with Gasteiger partial charge in [0.2, 0.25) is 0 Å². The van der Waals surface area contributed by atoms with Crippen LogP contribution in [0.3, 0.4) is 0 Å². The van der Waals surface area contributed by atoms with Crippen molar-refractivity contribution in [1.29, 1.82) is 0 Å². The number of hydrogen-bond donors (Lipinski definition) is 0. The van der Waals surface area contributed by atoms with Crippen LogP contribution in [0.2, 0.25) is 0 Å². The van der Waals surface area contributed by atoms with Gasteiger partial charge in [0.1, 0.15) is 12.0 Å². The van der Waals surface area contributed by atoms with Crippen LogP contribution in [0.5, 0.6) is 5.75 Å².